The first-order chi connectivity index (χ1) is 5.85. The quantitative estimate of drug-likeness (QED) is 0.562. The molecular weight excluding hydrogens is 146 g/mol. The van der Waals surface area contributed by atoms with Gasteiger partial charge in [0.2, 0.25) is 0 Å². The van der Waals surface area contributed by atoms with Crippen molar-refractivity contribution in [2.45, 2.75) is 40.5 Å². The number of allylic oxidation sites excluding steroid dienone is 2. The van der Waals surface area contributed by atoms with Gasteiger partial charge in [-0.1, -0.05) is 39.8 Å². The lowest BCUT2D eigenvalue weighted by atomic mass is 10.2. The Labute approximate surface area is 76.9 Å². The normalized spacial score (nSPS) is 10.8. The molecule has 0 aliphatic rings. The smallest absolute Gasteiger partial charge is 0.0399 e. The molecule has 0 aromatic carbocycles. The van der Waals surface area contributed by atoms with Gasteiger partial charge in [-0.25, -0.2) is 0 Å². The molecule has 70 valence electrons. The number of nitrogens with zero attached hydrogens (tertiary/aromatic N) is 1. The number of rotatable bonds is 4. The predicted molar refractivity (Wildman–Crippen MR) is 58.7 cm³/mol. The highest BCUT2D eigenvalue weighted by Crippen LogP contribution is 1.94. The molecule has 1 heteroatoms. The standard InChI is InChI=1S/C9H15N.C2H6/c1-4-7-9(8-5-2)10-6-3;1-2/h4,6-7H,3,5,8H2,1-2H3;1-2H3/b7-4-,10-9?;. The molecule has 0 bridgehead atoms. The molecule has 0 fully saturated rings. The van der Waals surface area contributed by atoms with Crippen LogP contribution in [0, 0.1) is 0 Å². The Hall–Kier alpha value is -0.850. The van der Waals surface area contributed by atoms with E-state index in [1.165, 1.54) is 0 Å². The minimum Gasteiger partial charge on any atom is -0.262 e. The third kappa shape index (κ3) is 9.15. The van der Waals surface area contributed by atoms with Gasteiger partial charge in [-0.15, -0.1) is 0 Å². The third-order valence-corrected chi connectivity index (χ3v) is 1.12. The summed E-state index contributed by atoms with van der Waals surface area (Å²) in [7, 11) is 0. The lowest BCUT2D eigenvalue weighted by molar-refractivity contribution is 0.995. The molecule has 0 radical (unpaired) electrons. The maximum Gasteiger partial charge on any atom is 0.0399 e. The first-order valence-corrected chi connectivity index (χ1v) is 4.65. The summed E-state index contributed by atoms with van der Waals surface area (Å²) < 4.78 is 0. The van der Waals surface area contributed by atoms with Gasteiger partial charge >= 0.3 is 0 Å². The Morgan fingerprint density at radius 2 is 2.00 bits per heavy atom. The Kier molecular flexibility index (Phi) is 14.6. The van der Waals surface area contributed by atoms with Crippen molar-refractivity contribution in [1.29, 1.82) is 0 Å². The van der Waals surface area contributed by atoms with Gasteiger partial charge in [0.05, 0.1) is 0 Å². The Balaban J connectivity index is 0. The van der Waals surface area contributed by atoms with Gasteiger partial charge < -0.3 is 0 Å². The van der Waals surface area contributed by atoms with Crippen LogP contribution >= 0.6 is 0 Å². The van der Waals surface area contributed by atoms with Gasteiger partial charge in [-0.3, -0.25) is 4.99 Å². The van der Waals surface area contributed by atoms with Crippen LogP contribution in [0.5, 0.6) is 0 Å². The SMILES string of the molecule is C=CN=C(/C=C\C)CCC.CC. The van der Waals surface area contributed by atoms with Crippen molar-refractivity contribution in [2.24, 2.45) is 4.99 Å². The molecule has 0 aromatic rings. The van der Waals surface area contributed by atoms with E-state index >= 15 is 0 Å². The lowest BCUT2D eigenvalue weighted by Crippen LogP contribution is -1.90. The highest BCUT2D eigenvalue weighted by molar-refractivity contribution is 5.95. The zero-order valence-corrected chi connectivity index (χ0v) is 8.80. The van der Waals surface area contributed by atoms with Crippen molar-refractivity contribution in [3.8, 4) is 0 Å². The fourth-order valence-electron chi connectivity index (χ4n) is 0.757. The average Bonchev–Trinajstić information content (AvgIpc) is 2.10. The number of hydrogen-bond donors (Lipinski definition) is 0. The fourth-order valence-corrected chi connectivity index (χ4v) is 0.757. The van der Waals surface area contributed by atoms with E-state index in [1.54, 1.807) is 6.20 Å². The largest absolute Gasteiger partial charge is 0.262 e. The highest BCUT2D eigenvalue weighted by atomic mass is 14.7. The average molecular weight is 167 g/mol. The van der Waals surface area contributed by atoms with E-state index in [2.05, 4.69) is 18.5 Å². The predicted octanol–water partition coefficient (Wildman–Crippen LogP) is 3.97. The minimum atomic E-state index is 1.04. The van der Waals surface area contributed by atoms with Gasteiger partial charge in [0.25, 0.3) is 0 Å². The Morgan fingerprint density at radius 1 is 1.42 bits per heavy atom. The number of hydrogen-bond acceptors (Lipinski definition) is 1. The van der Waals surface area contributed by atoms with Crippen LogP contribution in [0.4, 0.5) is 0 Å². The van der Waals surface area contributed by atoms with Crippen LogP contribution in [0.25, 0.3) is 0 Å². The van der Waals surface area contributed by atoms with Crippen LogP contribution in [-0.4, -0.2) is 5.71 Å². The van der Waals surface area contributed by atoms with Crippen molar-refractivity contribution >= 4 is 5.71 Å². The molecule has 0 rings (SSSR count). The van der Waals surface area contributed by atoms with E-state index < -0.39 is 0 Å². The van der Waals surface area contributed by atoms with Gasteiger partial charge in [-0.05, 0) is 19.4 Å². The monoisotopic (exact) mass is 167 g/mol. The van der Waals surface area contributed by atoms with Crippen molar-refractivity contribution in [3.63, 3.8) is 0 Å². The van der Waals surface area contributed by atoms with Crippen LogP contribution in [-0.2, 0) is 0 Å². The van der Waals surface area contributed by atoms with E-state index in [9.17, 15) is 0 Å². The second-order valence-corrected chi connectivity index (χ2v) is 2.05. The first-order valence-electron chi connectivity index (χ1n) is 4.65. The minimum absolute atomic E-state index is 1.04. The highest BCUT2D eigenvalue weighted by Gasteiger charge is 1.87. The van der Waals surface area contributed by atoms with E-state index in [4.69, 9.17) is 0 Å². The second-order valence-electron chi connectivity index (χ2n) is 2.05. The Morgan fingerprint density at radius 3 is 2.33 bits per heavy atom. The summed E-state index contributed by atoms with van der Waals surface area (Å²) in [6, 6.07) is 0. The van der Waals surface area contributed by atoms with E-state index in [1.807, 2.05) is 32.9 Å². The summed E-state index contributed by atoms with van der Waals surface area (Å²) in [6.45, 7) is 11.7. The zero-order valence-electron chi connectivity index (χ0n) is 8.80. The maximum absolute atomic E-state index is 4.10. The summed E-state index contributed by atoms with van der Waals surface area (Å²) in [5.74, 6) is 0. The molecule has 0 saturated heterocycles. The van der Waals surface area contributed by atoms with Crippen LogP contribution in [0.2, 0.25) is 0 Å². The summed E-state index contributed by atoms with van der Waals surface area (Å²) in [6.07, 6.45) is 7.78. The number of aliphatic imine (C=N–C) groups is 1. The third-order valence-electron chi connectivity index (χ3n) is 1.12. The van der Waals surface area contributed by atoms with Gasteiger partial charge in [0.1, 0.15) is 0 Å². The van der Waals surface area contributed by atoms with E-state index in [-0.39, 0.29) is 0 Å². The molecule has 0 heterocycles. The first kappa shape index (κ1) is 13.7. The summed E-state index contributed by atoms with van der Waals surface area (Å²) in [5, 5.41) is 0. The Bertz CT molecular complexity index is 143. The van der Waals surface area contributed by atoms with Crippen LogP contribution < -0.4 is 0 Å². The van der Waals surface area contributed by atoms with E-state index in [0.717, 1.165) is 18.6 Å². The van der Waals surface area contributed by atoms with Gasteiger partial charge in [-0.2, -0.15) is 0 Å². The van der Waals surface area contributed by atoms with Crippen molar-refractivity contribution in [2.75, 3.05) is 0 Å². The summed E-state index contributed by atoms with van der Waals surface area (Å²) >= 11 is 0. The van der Waals surface area contributed by atoms with Crippen molar-refractivity contribution < 1.29 is 0 Å². The van der Waals surface area contributed by atoms with Gasteiger partial charge in [0, 0.05) is 11.9 Å². The maximum atomic E-state index is 4.10. The molecule has 0 aromatic heterocycles. The van der Waals surface area contributed by atoms with E-state index in [0.29, 0.717) is 0 Å². The molecule has 1 nitrogen and oxygen atoms in total. The van der Waals surface area contributed by atoms with Crippen molar-refractivity contribution in [1.82, 2.24) is 0 Å². The molecule has 0 saturated carbocycles. The molecule has 0 aliphatic carbocycles. The molecule has 0 unspecified atom stereocenters. The summed E-state index contributed by atoms with van der Waals surface area (Å²) in [5.41, 5.74) is 1.11. The van der Waals surface area contributed by atoms with Gasteiger partial charge in [0.15, 0.2) is 0 Å². The zero-order chi connectivity index (χ0) is 9.82. The van der Waals surface area contributed by atoms with Crippen LogP contribution in [0.1, 0.15) is 40.5 Å². The molecule has 0 aliphatic heterocycles. The second kappa shape index (κ2) is 12.8. The lowest BCUT2D eigenvalue weighted by Gasteiger charge is -1.93. The molecular formula is C11H21N. The summed E-state index contributed by atoms with van der Waals surface area (Å²) in [4.78, 5) is 4.10. The van der Waals surface area contributed by atoms with Crippen LogP contribution in [0.15, 0.2) is 29.9 Å². The molecule has 0 spiro atoms. The topological polar surface area (TPSA) is 12.4 Å². The molecule has 0 N–H and O–H groups in total. The molecule has 0 amide bonds. The molecule has 0 atom stereocenters. The molecule has 12 heavy (non-hydrogen) atoms. The fraction of sp³-hybridized carbons (Fsp3) is 0.545. The van der Waals surface area contributed by atoms with Crippen LogP contribution in [0.3, 0.4) is 0 Å². The van der Waals surface area contributed by atoms with Crippen molar-refractivity contribution in [3.05, 3.63) is 24.9 Å².